The van der Waals surface area contributed by atoms with Crippen molar-refractivity contribution in [3.8, 4) is 0 Å². The zero-order valence-electron chi connectivity index (χ0n) is 16.9. The Morgan fingerprint density at radius 3 is 2.59 bits per heavy atom. The first-order valence-corrected chi connectivity index (χ1v) is 11.0. The molecule has 0 saturated carbocycles. The lowest BCUT2D eigenvalue weighted by atomic mass is 10.1. The molecule has 0 radical (unpaired) electrons. The van der Waals surface area contributed by atoms with Gasteiger partial charge in [0.05, 0.1) is 5.75 Å². The van der Waals surface area contributed by atoms with Gasteiger partial charge in [0.25, 0.3) is 0 Å². The van der Waals surface area contributed by atoms with Crippen LogP contribution in [0.15, 0.2) is 27.7 Å². The van der Waals surface area contributed by atoms with Gasteiger partial charge in [-0.25, -0.2) is 12.8 Å². The summed E-state index contributed by atoms with van der Waals surface area (Å²) < 4.78 is 41.9. The van der Waals surface area contributed by atoms with Crippen LogP contribution in [0.3, 0.4) is 0 Å². The first-order valence-electron chi connectivity index (χ1n) is 8.90. The summed E-state index contributed by atoms with van der Waals surface area (Å²) in [6, 6.07) is 4.07. The van der Waals surface area contributed by atoms with Gasteiger partial charge in [-0.2, -0.15) is 4.98 Å². The Kier molecular flexibility index (Phi) is 9.96. The summed E-state index contributed by atoms with van der Waals surface area (Å²) in [5, 5.41) is 10.1. The van der Waals surface area contributed by atoms with Gasteiger partial charge in [0.15, 0.2) is 21.6 Å². The summed E-state index contributed by atoms with van der Waals surface area (Å²) in [7, 11) is -1.61. The van der Waals surface area contributed by atoms with Gasteiger partial charge in [0.1, 0.15) is 5.82 Å². The van der Waals surface area contributed by atoms with E-state index in [1.54, 1.807) is 7.05 Å². The first kappa shape index (κ1) is 25.3. The van der Waals surface area contributed by atoms with Gasteiger partial charge in [-0.15, -0.1) is 24.0 Å². The number of rotatable bonds is 8. The van der Waals surface area contributed by atoms with E-state index in [1.165, 1.54) is 18.2 Å². The second kappa shape index (κ2) is 11.4. The molecule has 1 aromatic carbocycles. The van der Waals surface area contributed by atoms with E-state index in [9.17, 15) is 12.8 Å². The number of hydrogen-bond donors (Lipinski definition) is 2. The highest BCUT2D eigenvalue weighted by Crippen LogP contribution is 2.14. The van der Waals surface area contributed by atoms with Crippen molar-refractivity contribution in [1.82, 2.24) is 20.8 Å². The van der Waals surface area contributed by atoms with Crippen LogP contribution < -0.4 is 10.6 Å². The molecule has 0 spiro atoms. The monoisotopic (exact) mass is 539 g/mol. The molecule has 0 aliphatic heterocycles. The van der Waals surface area contributed by atoms with E-state index in [0.717, 1.165) is 6.26 Å². The molecule has 2 rings (SSSR count). The van der Waals surface area contributed by atoms with Crippen LogP contribution in [0.1, 0.15) is 42.6 Å². The van der Waals surface area contributed by atoms with Gasteiger partial charge >= 0.3 is 0 Å². The van der Waals surface area contributed by atoms with Crippen molar-refractivity contribution in [2.45, 2.75) is 38.5 Å². The molecule has 0 bridgehead atoms. The van der Waals surface area contributed by atoms with Gasteiger partial charge in [-0.3, -0.25) is 4.99 Å². The molecular weight excluding hydrogens is 512 g/mol. The third-order valence-corrected chi connectivity index (χ3v) is 4.72. The summed E-state index contributed by atoms with van der Waals surface area (Å²) in [4.78, 5) is 8.41. The highest BCUT2D eigenvalue weighted by Gasteiger charge is 2.12. The lowest BCUT2D eigenvalue weighted by Crippen LogP contribution is -2.38. The van der Waals surface area contributed by atoms with E-state index < -0.39 is 15.7 Å². The number of guanidine groups is 1. The Hall–Kier alpha value is -1.76. The number of nitrogens with zero attached hydrogens (tertiary/aromatic N) is 3. The van der Waals surface area contributed by atoms with Crippen LogP contribution in [0.5, 0.6) is 0 Å². The molecule has 0 saturated heterocycles. The topological polar surface area (TPSA) is 109 Å². The van der Waals surface area contributed by atoms with Gasteiger partial charge in [-0.1, -0.05) is 25.1 Å². The van der Waals surface area contributed by atoms with Crippen molar-refractivity contribution in [3.05, 3.63) is 46.9 Å². The molecular formula is C18H27FIN5O3S. The quantitative estimate of drug-likeness (QED) is 0.301. The number of aliphatic imine (C=N–C) groups is 1. The molecule has 2 aromatic rings. The normalized spacial score (nSPS) is 12.0. The minimum absolute atomic E-state index is 0. The fourth-order valence-electron chi connectivity index (χ4n) is 2.47. The van der Waals surface area contributed by atoms with Gasteiger partial charge in [0, 0.05) is 38.7 Å². The molecule has 11 heteroatoms. The number of sulfone groups is 1. The molecule has 0 unspecified atom stereocenters. The molecule has 8 nitrogen and oxygen atoms in total. The van der Waals surface area contributed by atoms with Crippen LogP contribution in [0.2, 0.25) is 0 Å². The Morgan fingerprint density at radius 1 is 1.28 bits per heavy atom. The fraction of sp³-hybridized carbons (Fsp3) is 0.500. The summed E-state index contributed by atoms with van der Waals surface area (Å²) in [6.45, 7) is 4.73. The maximum Gasteiger partial charge on any atom is 0.228 e. The SMILES string of the molecule is CN=C(NCCc1nc(C(C)C)no1)NCc1cc(F)ccc1CS(C)(=O)=O.I. The van der Waals surface area contributed by atoms with Crippen LogP contribution in [-0.2, 0) is 28.6 Å². The summed E-state index contributed by atoms with van der Waals surface area (Å²) in [5.74, 6) is 1.33. The molecule has 0 amide bonds. The molecule has 29 heavy (non-hydrogen) atoms. The number of aromatic nitrogens is 2. The average molecular weight is 539 g/mol. The second-order valence-corrected chi connectivity index (χ2v) is 8.93. The molecule has 1 heterocycles. The second-order valence-electron chi connectivity index (χ2n) is 6.79. The van der Waals surface area contributed by atoms with Crippen molar-refractivity contribution in [2.24, 2.45) is 4.99 Å². The Morgan fingerprint density at radius 2 is 2.00 bits per heavy atom. The van der Waals surface area contributed by atoms with E-state index in [4.69, 9.17) is 4.52 Å². The van der Waals surface area contributed by atoms with Crippen molar-refractivity contribution >= 4 is 39.8 Å². The smallest absolute Gasteiger partial charge is 0.228 e. The zero-order chi connectivity index (χ0) is 20.7. The average Bonchev–Trinajstić information content (AvgIpc) is 3.08. The highest BCUT2D eigenvalue weighted by atomic mass is 127. The molecule has 0 fully saturated rings. The minimum Gasteiger partial charge on any atom is -0.356 e. The standard InChI is InChI=1S/C18H26FN5O3S.HI/c1-12(2)17-23-16(27-24-17)7-8-21-18(20-3)22-10-14-9-15(19)6-5-13(14)11-28(4,25)26;/h5-6,9,12H,7-8,10-11H2,1-4H3,(H2,20,21,22);1H. The molecule has 2 N–H and O–H groups in total. The van der Waals surface area contributed by atoms with Crippen LogP contribution in [0, 0.1) is 5.82 Å². The van der Waals surface area contributed by atoms with Crippen molar-refractivity contribution in [3.63, 3.8) is 0 Å². The van der Waals surface area contributed by atoms with E-state index in [-0.39, 0.29) is 42.2 Å². The largest absolute Gasteiger partial charge is 0.356 e. The lowest BCUT2D eigenvalue weighted by molar-refractivity contribution is 0.371. The summed E-state index contributed by atoms with van der Waals surface area (Å²) in [5.41, 5.74) is 1.12. The third-order valence-electron chi connectivity index (χ3n) is 3.89. The number of nitrogens with one attached hydrogen (secondary N) is 2. The zero-order valence-corrected chi connectivity index (χ0v) is 20.0. The first-order chi connectivity index (χ1) is 13.2. The lowest BCUT2D eigenvalue weighted by Gasteiger charge is -2.14. The summed E-state index contributed by atoms with van der Waals surface area (Å²) >= 11 is 0. The predicted octanol–water partition coefficient (Wildman–Crippen LogP) is 2.40. The van der Waals surface area contributed by atoms with Gasteiger partial charge in [0.2, 0.25) is 5.89 Å². The molecule has 1 aromatic heterocycles. The maximum absolute atomic E-state index is 13.6. The number of halogens is 2. The molecule has 0 atom stereocenters. The van der Waals surface area contributed by atoms with E-state index in [0.29, 0.717) is 41.8 Å². The van der Waals surface area contributed by atoms with E-state index in [2.05, 4.69) is 25.8 Å². The van der Waals surface area contributed by atoms with Crippen LogP contribution >= 0.6 is 24.0 Å². The van der Waals surface area contributed by atoms with Crippen LogP contribution in [0.25, 0.3) is 0 Å². The minimum atomic E-state index is -3.23. The van der Waals surface area contributed by atoms with Crippen molar-refractivity contribution < 1.29 is 17.3 Å². The van der Waals surface area contributed by atoms with Gasteiger partial charge in [-0.05, 0) is 23.3 Å². The molecule has 0 aliphatic rings. The predicted molar refractivity (Wildman–Crippen MR) is 121 cm³/mol. The van der Waals surface area contributed by atoms with Crippen LogP contribution in [0.4, 0.5) is 4.39 Å². The Balaban J connectivity index is 0.00000420. The maximum atomic E-state index is 13.6. The Labute approximate surface area is 187 Å². The van der Waals surface area contributed by atoms with Crippen molar-refractivity contribution in [2.75, 3.05) is 19.8 Å². The molecule has 0 aliphatic carbocycles. The molecule has 162 valence electrons. The van der Waals surface area contributed by atoms with E-state index >= 15 is 0 Å². The third kappa shape index (κ3) is 8.64. The van der Waals surface area contributed by atoms with Gasteiger partial charge < -0.3 is 15.2 Å². The fourth-order valence-corrected chi connectivity index (χ4v) is 3.32. The van der Waals surface area contributed by atoms with E-state index in [1.807, 2.05) is 13.8 Å². The highest BCUT2D eigenvalue weighted by molar-refractivity contribution is 14.0. The Bertz CT molecular complexity index is 931. The number of benzene rings is 1. The summed E-state index contributed by atoms with van der Waals surface area (Å²) in [6.07, 6.45) is 1.68. The van der Waals surface area contributed by atoms with Crippen LogP contribution in [-0.4, -0.2) is 44.4 Å². The number of hydrogen-bond acceptors (Lipinski definition) is 6. The van der Waals surface area contributed by atoms with Crippen molar-refractivity contribution in [1.29, 1.82) is 0 Å².